The van der Waals surface area contributed by atoms with E-state index in [1.54, 1.807) is 0 Å². The summed E-state index contributed by atoms with van der Waals surface area (Å²) in [5, 5.41) is 8.74. The molecule has 0 aromatic carbocycles. The molecule has 2 atom stereocenters. The second kappa shape index (κ2) is 4.94. The summed E-state index contributed by atoms with van der Waals surface area (Å²) in [7, 11) is 2.19. The summed E-state index contributed by atoms with van der Waals surface area (Å²) in [6, 6.07) is 1.28. The van der Waals surface area contributed by atoms with E-state index in [0.717, 1.165) is 26.1 Å². The van der Waals surface area contributed by atoms with Gasteiger partial charge >= 0.3 is 0 Å². The number of rotatable bonds is 3. The molecule has 3 heteroatoms. The molecular weight excluding hydrogens is 164 g/mol. The lowest BCUT2D eigenvalue weighted by molar-refractivity contribution is 0.0564. The molecule has 13 heavy (non-hydrogen) atoms. The number of hydrogen-bond donors (Lipinski definition) is 1. The molecular formula is C10H22N2O. The highest BCUT2D eigenvalue weighted by atomic mass is 16.3. The van der Waals surface area contributed by atoms with Crippen LogP contribution in [0.5, 0.6) is 0 Å². The standard InChI is InChI=1S/C10H22N2O/c1-9-7-12(5-4-6-13)8-10(2)11(9)3/h9-10,13H,4-8H2,1-3H3. The Kier molecular flexibility index (Phi) is 4.16. The van der Waals surface area contributed by atoms with Gasteiger partial charge in [0, 0.05) is 38.3 Å². The van der Waals surface area contributed by atoms with E-state index in [9.17, 15) is 0 Å². The highest BCUT2D eigenvalue weighted by molar-refractivity contribution is 4.82. The van der Waals surface area contributed by atoms with Crippen LogP contribution in [-0.4, -0.2) is 60.3 Å². The highest BCUT2D eigenvalue weighted by Crippen LogP contribution is 2.12. The molecule has 0 aromatic heterocycles. The van der Waals surface area contributed by atoms with Crippen LogP contribution in [0.15, 0.2) is 0 Å². The number of hydrogen-bond acceptors (Lipinski definition) is 3. The van der Waals surface area contributed by atoms with Gasteiger partial charge in [-0.3, -0.25) is 4.90 Å². The maximum atomic E-state index is 8.74. The average molecular weight is 186 g/mol. The maximum Gasteiger partial charge on any atom is 0.0443 e. The topological polar surface area (TPSA) is 26.7 Å². The van der Waals surface area contributed by atoms with E-state index in [1.807, 2.05) is 0 Å². The number of likely N-dealkylation sites (N-methyl/N-ethyl adjacent to an activating group) is 1. The highest BCUT2D eigenvalue weighted by Gasteiger charge is 2.25. The number of aliphatic hydroxyl groups is 1. The van der Waals surface area contributed by atoms with Gasteiger partial charge < -0.3 is 10.0 Å². The Labute approximate surface area is 81.3 Å². The van der Waals surface area contributed by atoms with Crippen molar-refractivity contribution >= 4 is 0 Å². The largest absolute Gasteiger partial charge is 0.396 e. The Morgan fingerprint density at radius 1 is 1.23 bits per heavy atom. The molecule has 0 spiro atoms. The third-order valence-corrected chi connectivity index (χ3v) is 3.07. The van der Waals surface area contributed by atoms with E-state index in [1.165, 1.54) is 0 Å². The van der Waals surface area contributed by atoms with Crippen LogP contribution in [0, 0.1) is 0 Å². The molecule has 3 nitrogen and oxygen atoms in total. The van der Waals surface area contributed by atoms with Crippen LogP contribution in [0.4, 0.5) is 0 Å². The molecule has 0 saturated carbocycles. The summed E-state index contributed by atoms with van der Waals surface area (Å²) in [5.41, 5.74) is 0. The van der Waals surface area contributed by atoms with Crippen molar-refractivity contribution in [2.24, 2.45) is 0 Å². The van der Waals surface area contributed by atoms with E-state index in [2.05, 4.69) is 30.7 Å². The van der Waals surface area contributed by atoms with Crippen LogP contribution in [0.2, 0.25) is 0 Å². The third kappa shape index (κ3) is 2.93. The lowest BCUT2D eigenvalue weighted by atomic mass is 10.1. The van der Waals surface area contributed by atoms with Crippen molar-refractivity contribution in [1.29, 1.82) is 0 Å². The van der Waals surface area contributed by atoms with Crippen LogP contribution in [-0.2, 0) is 0 Å². The first kappa shape index (κ1) is 11.0. The smallest absolute Gasteiger partial charge is 0.0443 e. The van der Waals surface area contributed by atoms with Gasteiger partial charge in [-0.1, -0.05) is 0 Å². The second-order valence-electron chi connectivity index (χ2n) is 4.20. The van der Waals surface area contributed by atoms with Crippen LogP contribution in [0.1, 0.15) is 20.3 Å². The van der Waals surface area contributed by atoms with Gasteiger partial charge in [0.2, 0.25) is 0 Å². The van der Waals surface area contributed by atoms with Gasteiger partial charge in [0.05, 0.1) is 0 Å². The molecule has 0 radical (unpaired) electrons. The molecule has 1 aliphatic heterocycles. The van der Waals surface area contributed by atoms with Crippen molar-refractivity contribution in [3.05, 3.63) is 0 Å². The van der Waals surface area contributed by atoms with Gasteiger partial charge in [-0.15, -0.1) is 0 Å². The molecule has 1 aliphatic rings. The van der Waals surface area contributed by atoms with Crippen LogP contribution in [0.3, 0.4) is 0 Å². The zero-order valence-electron chi connectivity index (χ0n) is 9.03. The van der Waals surface area contributed by atoms with Crippen molar-refractivity contribution in [2.75, 3.05) is 33.3 Å². The Morgan fingerprint density at radius 2 is 1.77 bits per heavy atom. The molecule has 0 aromatic rings. The molecule has 0 bridgehead atoms. The van der Waals surface area contributed by atoms with Crippen molar-refractivity contribution in [2.45, 2.75) is 32.4 Å². The van der Waals surface area contributed by atoms with Gasteiger partial charge in [-0.2, -0.15) is 0 Å². The normalized spacial score (nSPS) is 32.3. The van der Waals surface area contributed by atoms with Crippen LogP contribution >= 0.6 is 0 Å². The van der Waals surface area contributed by atoms with Crippen LogP contribution in [0.25, 0.3) is 0 Å². The van der Waals surface area contributed by atoms with Gasteiger partial charge in [-0.05, 0) is 27.3 Å². The van der Waals surface area contributed by atoms with E-state index < -0.39 is 0 Å². The summed E-state index contributed by atoms with van der Waals surface area (Å²) in [6.45, 7) is 8.17. The monoisotopic (exact) mass is 186 g/mol. The summed E-state index contributed by atoms with van der Waals surface area (Å²) < 4.78 is 0. The Morgan fingerprint density at radius 3 is 2.23 bits per heavy atom. The Hall–Kier alpha value is -0.120. The molecule has 0 aliphatic carbocycles. The molecule has 1 rings (SSSR count). The van der Waals surface area contributed by atoms with E-state index in [0.29, 0.717) is 18.7 Å². The van der Waals surface area contributed by atoms with Crippen molar-refractivity contribution in [1.82, 2.24) is 9.80 Å². The molecule has 78 valence electrons. The fourth-order valence-electron chi connectivity index (χ4n) is 1.99. The van der Waals surface area contributed by atoms with Crippen molar-refractivity contribution in [3.63, 3.8) is 0 Å². The Balaban J connectivity index is 2.35. The lowest BCUT2D eigenvalue weighted by Crippen LogP contribution is -2.55. The first-order valence-corrected chi connectivity index (χ1v) is 5.20. The minimum atomic E-state index is 0.315. The SMILES string of the molecule is CC1CN(CCCO)CC(C)N1C. The quantitative estimate of drug-likeness (QED) is 0.691. The van der Waals surface area contributed by atoms with Gasteiger partial charge in [-0.25, -0.2) is 0 Å². The molecule has 2 unspecified atom stereocenters. The predicted octanol–water partition coefficient (Wildman–Crippen LogP) is 0.393. The summed E-state index contributed by atoms with van der Waals surface area (Å²) in [4.78, 5) is 4.88. The number of piperazine rings is 1. The van der Waals surface area contributed by atoms with E-state index in [-0.39, 0.29) is 0 Å². The average Bonchev–Trinajstić information content (AvgIpc) is 2.10. The van der Waals surface area contributed by atoms with Gasteiger partial charge in [0.1, 0.15) is 0 Å². The zero-order chi connectivity index (χ0) is 9.84. The number of nitrogens with zero attached hydrogens (tertiary/aromatic N) is 2. The minimum absolute atomic E-state index is 0.315. The molecule has 1 N–H and O–H groups in total. The van der Waals surface area contributed by atoms with E-state index >= 15 is 0 Å². The minimum Gasteiger partial charge on any atom is -0.396 e. The lowest BCUT2D eigenvalue weighted by Gasteiger charge is -2.42. The second-order valence-corrected chi connectivity index (χ2v) is 4.20. The third-order valence-electron chi connectivity index (χ3n) is 3.07. The Bertz CT molecular complexity index is 140. The molecule has 1 heterocycles. The summed E-state index contributed by atoms with van der Waals surface area (Å²) >= 11 is 0. The molecule has 1 fully saturated rings. The van der Waals surface area contributed by atoms with Crippen molar-refractivity contribution in [3.8, 4) is 0 Å². The first-order chi connectivity index (χ1) is 6.15. The van der Waals surface area contributed by atoms with E-state index in [4.69, 9.17) is 5.11 Å². The fourth-order valence-corrected chi connectivity index (χ4v) is 1.99. The number of aliphatic hydroxyl groups excluding tert-OH is 1. The summed E-state index contributed by atoms with van der Waals surface area (Å²) in [6.07, 6.45) is 0.906. The van der Waals surface area contributed by atoms with Crippen LogP contribution < -0.4 is 0 Å². The first-order valence-electron chi connectivity index (χ1n) is 5.20. The molecule has 0 amide bonds. The van der Waals surface area contributed by atoms with Gasteiger partial charge in [0.15, 0.2) is 0 Å². The zero-order valence-corrected chi connectivity index (χ0v) is 9.03. The van der Waals surface area contributed by atoms with Gasteiger partial charge in [0.25, 0.3) is 0 Å². The van der Waals surface area contributed by atoms with Crippen molar-refractivity contribution < 1.29 is 5.11 Å². The fraction of sp³-hybridized carbons (Fsp3) is 1.00. The summed E-state index contributed by atoms with van der Waals surface area (Å²) in [5.74, 6) is 0. The maximum absolute atomic E-state index is 8.74. The molecule has 1 saturated heterocycles. The predicted molar refractivity (Wildman–Crippen MR) is 54.8 cm³/mol.